The van der Waals surface area contributed by atoms with Gasteiger partial charge >= 0.3 is 0 Å². The third-order valence-electron chi connectivity index (χ3n) is 3.33. The Kier molecular flexibility index (Phi) is 2.52. The number of nitrogens with two attached hydrogens (primary N) is 1. The van der Waals surface area contributed by atoms with Gasteiger partial charge in [-0.3, -0.25) is 0 Å². The predicted molar refractivity (Wildman–Crippen MR) is 66.6 cm³/mol. The molecule has 90 valence electrons. The lowest BCUT2D eigenvalue weighted by Gasteiger charge is -2.07. The van der Waals surface area contributed by atoms with E-state index in [1.54, 1.807) is 0 Å². The van der Waals surface area contributed by atoms with E-state index in [0.29, 0.717) is 6.04 Å². The summed E-state index contributed by atoms with van der Waals surface area (Å²) in [4.78, 5) is 4.25. The lowest BCUT2D eigenvalue weighted by molar-refractivity contribution is 0.656. The van der Waals surface area contributed by atoms with Gasteiger partial charge in [0, 0.05) is 30.7 Å². The van der Waals surface area contributed by atoms with Crippen molar-refractivity contribution in [2.24, 2.45) is 5.73 Å². The normalized spacial score (nSPS) is 17.3. The lowest BCUT2D eigenvalue weighted by Crippen LogP contribution is -2.06. The van der Waals surface area contributed by atoms with Gasteiger partial charge in [0.2, 0.25) is 0 Å². The number of aromatic nitrogens is 3. The van der Waals surface area contributed by atoms with Crippen LogP contribution in [0.15, 0.2) is 31.0 Å². The van der Waals surface area contributed by atoms with Crippen LogP contribution < -0.4 is 5.73 Å². The Labute approximate surface area is 101 Å². The highest BCUT2D eigenvalue weighted by Crippen LogP contribution is 2.35. The smallest absolute Gasteiger partial charge is 0.0951 e. The second-order valence-corrected chi connectivity index (χ2v) is 4.93. The summed E-state index contributed by atoms with van der Waals surface area (Å²) < 4.78 is 4.47. The van der Waals surface area contributed by atoms with Crippen LogP contribution in [0.1, 0.15) is 43.1 Å². The van der Waals surface area contributed by atoms with Crippen molar-refractivity contribution in [1.82, 2.24) is 14.1 Å². The van der Waals surface area contributed by atoms with E-state index in [2.05, 4.69) is 32.6 Å². The maximum Gasteiger partial charge on any atom is 0.0951 e. The lowest BCUT2D eigenvalue weighted by atomic mass is 10.2. The Morgan fingerprint density at radius 1 is 1.53 bits per heavy atom. The van der Waals surface area contributed by atoms with E-state index in [4.69, 9.17) is 5.73 Å². The highest BCUT2D eigenvalue weighted by atomic mass is 15.1. The maximum atomic E-state index is 5.86. The number of hydrogen-bond acceptors (Lipinski definition) is 2. The fourth-order valence-corrected chi connectivity index (χ4v) is 2.15. The maximum absolute atomic E-state index is 5.86. The van der Waals surface area contributed by atoms with Gasteiger partial charge in [-0.25, -0.2) is 4.98 Å². The SMILES string of the molecule is CC(N)c1ccn(Cc2cncn2C2CC2)c1. The summed E-state index contributed by atoms with van der Waals surface area (Å²) >= 11 is 0. The molecule has 0 bridgehead atoms. The molecule has 1 saturated carbocycles. The molecular weight excluding hydrogens is 212 g/mol. The van der Waals surface area contributed by atoms with Crippen molar-refractivity contribution in [2.75, 3.05) is 0 Å². The van der Waals surface area contributed by atoms with Crippen LogP contribution in [0.5, 0.6) is 0 Å². The number of nitrogens with zero attached hydrogens (tertiary/aromatic N) is 3. The molecule has 1 aliphatic rings. The Morgan fingerprint density at radius 3 is 3.00 bits per heavy atom. The largest absolute Gasteiger partial charge is 0.348 e. The summed E-state index contributed by atoms with van der Waals surface area (Å²) in [5, 5.41) is 0. The van der Waals surface area contributed by atoms with Crippen LogP contribution in [0.25, 0.3) is 0 Å². The van der Waals surface area contributed by atoms with Crippen LogP contribution >= 0.6 is 0 Å². The molecule has 1 atom stereocenters. The zero-order chi connectivity index (χ0) is 11.8. The summed E-state index contributed by atoms with van der Waals surface area (Å²) in [6.07, 6.45) is 10.7. The van der Waals surface area contributed by atoms with Gasteiger partial charge in [-0.05, 0) is 31.4 Å². The van der Waals surface area contributed by atoms with Crippen molar-refractivity contribution in [2.45, 2.75) is 38.4 Å². The van der Waals surface area contributed by atoms with Crippen LogP contribution in [0.3, 0.4) is 0 Å². The Morgan fingerprint density at radius 2 is 2.35 bits per heavy atom. The van der Waals surface area contributed by atoms with E-state index >= 15 is 0 Å². The molecule has 0 amide bonds. The Hall–Kier alpha value is -1.55. The summed E-state index contributed by atoms with van der Waals surface area (Å²) in [7, 11) is 0. The van der Waals surface area contributed by atoms with E-state index in [0.717, 1.165) is 6.54 Å². The van der Waals surface area contributed by atoms with Gasteiger partial charge in [0.25, 0.3) is 0 Å². The molecule has 4 nitrogen and oxygen atoms in total. The highest BCUT2D eigenvalue weighted by molar-refractivity contribution is 5.15. The minimum absolute atomic E-state index is 0.101. The van der Waals surface area contributed by atoms with Crippen LogP contribution in [0.2, 0.25) is 0 Å². The van der Waals surface area contributed by atoms with E-state index in [1.807, 2.05) is 19.4 Å². The van der Waals surface area contributed by atoms with Gasteiger partial charge in [0.15, 0.2) is 0 Å². The average molecular weight is 230 g/mol. The topological polar surface area (TPSA) is 48.8 Å². The third kappa shape index (κ3) is 2.13. The van der Waals surface area contributed by atoms with Gasteiger partial charge < -0.3 is 14.9 Å². The van der Waals surface area contributed by atoms with Gasteiger partial charge in [-0.1, -0.05) is 0 Å². The first-order valence-corrected chi connectivity index (χ1v) is 6.16. The van der Waals surface area contributed by atoms with Crippen molar-refractivity contribution < 1.29 is 0 Å². The minimum atomic E-state index is 0.101. The molecule has 0 spiro atoms. The highest BCUT2D eigenvalue weighted by Gasteiger charge is 2.25. The minimum Gasteiger partial charge on any atom is -0.348 e. The van der Waals surface area contributed by atoms with E-state index < -0.39 is 0 Å². The number of imidazole rings is 1. The van der Waals surface area contributed by atoms with Crippen molar-refractivity contribution in [1.29, 1.82) is 0 Å². The standard InChI is InChI=1S/C13H18N4/c1-10(14)11-4-5-16(7-11)8-13-6-15-9-17(13)12-2-3-12/h4-7,9-10,12H,2-3,8,14H2,1H3. The first-order valence-electron chi connectivity index (χ1n) is 6.16. The molecule has 0 saturated heterocycles. The summed E-state index contributed by atoms with van der Waals surface area (Å²) in [5.74, 6) is 0. The Balaban J connectivity index is 1.78. The van der Waals surface area contributed by atoms with Gasteiger partial charge in [-0.15, -0.1) is 0 Å². The molecule has 0 aliphatic heterocycles. The molecule has 4 heteroatoms. The third-order valence-corrected chi connectivity index (χ3v) is 3.33. The molecule has 17 heavy (non-hydrogen) atoms. The van der Waals surface area contributed by atoms with Crippen molar-refractivity contribution in [3.8, 4) is 0 Å². The van der Waals surface area contributed by atoms with E-state index in [9.17, 15) is 0 Å². The fraction of sp³-hybridized carbons (Fsp3) is 0.462. The number of hydrogen-bond donors (Lipinski definition) is 1. The van der Waals surface area contributed by atoms with Crippen LogP contribution in [0.4, 0.5) is 0 Å². The molecule has 2 aromatic rings. The number of rotatable bonds is 4. The quantitative estimate of drug-likeness (QED) is 0.874. The first-order chi connectivity index (χ1) is 8.24. The fourth-order valence-electron chi connectivity index (χ4n) is 2.15. The van der Waals surface area contributed by atoms with E-state index in [1.165, 1.54) is 24.1 Å². The monoisotopic (exact) mass is 230 g/mol. The van der Waals surface area contributed by atoms with Crippen LogP contribution in [-0.2, 0) is 6.54 Å². The zero-order valence-electron chi connectivity index (χ0n) is 10.1. The first kappa shape index (κ1) is 10.6. The molecule has 2 N–H and O–H groups in total. The Bertz CT molecular complexity index is 505. The van der Waals surface area contributed by atoms with Crippen molar-refractivity contribution >= 4 is 0 Å². The van der Waals surface area contributed by atoms with Crippen LogP contribution in [0, 0.1) is 0 Å². The molecular formula is C13H18N4. The predicted octanol–water partition coefficient (Wildman–Crippen LogP) is 2.09. The van der Waals surface area contributed by atoms with E-state index in [-0.39, 0.29) is 6.04 Å². The van der Waals surface area contributed by atoms with Gasteiger partial charge in [0.1, 0.15) is 0 Å². The van der Waals surface area contributed by atoms with Crippen molar-refractivity contribution in [3.05, 3.63) is 42.2 Å². The average Bonchev–Trinajstić information content (AvgIpc) is 2.86. The van der Waals surface area contributed by atoms with Gasteiger partial charge in [0.05, 0.1) is 18.6 Å². The summed E-state index contributed by atoms with van der Waals surface area (Å²) in [6, 6.07) is 2.88. The van der Waals surface area contributed by atoms with Gasteiger partial charge in [-0.2, -0.15) is 0 Å². The molecule has 2 heterocycles. The molecule has 1 unspecified atom stereocenters. The molecule has 1 aliphatic carbocycles. The molecule has 1 fully saturated rings. The molecule has 3 rings (SSSR count). The molecule has 2 aromatic heterocycles. The zero-order valence-corrected chi connectivity index (χ0v) is 10.1. The summed E-state index contributed by atoms with van der Waals surface area (Å²) in [6.45, 7) is 2.89. The summed E-state index contributed by atoms with van der Waals surface area (Å²) in [5.41, 5.74) is 8.32. The molecule has 0 radical (unpaired) electrons. The molecule has 0 aromatic carbocycles. The van der Waals surface area contributed by atoms with Crippen LogP contribution in [-0.4, -0.2) is 14.1 Å². The van der Waals surface area contributed by atoms with Crippen molar-refractivity contribution in [3.63, 3.8) is 0 Å². The second kappa shape index (κ2) is 4.04. The second-order valence-electron chi connectivity index (χ2n) is 4.93.